The molecule has 3 rings (SSSR count). The maximum atomic E-state index is 14.2. The average Bonchev–Trinajstić information content (AvgIpc) is 2.77. The van der Waals surface area contributed by atoms with Gasteiger partial charge < -0.3 is 21.5 Å². The SMILES string of the molecule is Cc1cc(CC(=O)N/C(C=NC(C)(C)C)=C/N)cc(C)c1Oc1ccnc2cc(F)c(C(N)=O)cc12. The van der Waals surface area contributed by atoms with Gasteiger partial charge in [-0.1, -0.05) is 12.1 Å². The molecule has 0 saturated carbocycles. The van der Waals surface area contributed by atoms with Crippen LogP contribution in [0.5, 0.6) is 11.5 Å². The zero-order valence-corrected chi connectivity index (χ0v) is 21.0. The van der Waals surface area contributed by atoms with Crippen molar-refractivity contribution < 1.29 is 18.7 Å². The van der Waals surface area contributed by atoms with E-state index in [-0.39, 0.29) is 23.4 Å². The van der Waals surface area contributed by atoms with Crippen molar-refractivity contribution >= 4 is 28.9 Å². The van der Waals surface area contributed by atoms with Crippen molar-refractivity contribution in [3.05, 3.63) is 76.5 Å². The van der Waals surface area contributed by atoms with Gasteiger partial charge in [0.05, 0.1) is 28.7 Å². The maximum absolute atomic E-state index is 14.2. The highest BCUT2D eigenvalue weighted by molar-refractivity contribution is 5.98. The maximum Gasteiger partial charge on any atom is 0.251 e. The van der Waals surface area contributed by atoms with Gasteiger partial charge in [-0.25, -0.2) is 4.39 Å². The molecule has 0 atom stereocenters. The number of hydrogen-bond donors (Lipinski definition) is 3. The highest BCUT2D eigenvalue weighted by Crippen LogP contribution is 2.34. The van der Waals surface area contributed by atoms with Crippen molar-refractivity contribution in [3.8, 4) is 11.5 Å². The van der Waals surface area contributed by atoms with Gasteiger partial charge in [0, 0.05) is 30.1 Å². The minimum absolute atomic E-state index is 0.127. The average molecular weight is 492 g/mol. The number of primary amides is 1. The Morgan fingerprint density at radius 3 is 2.42 bits per heavy atom. The van der Waals surface area contributed by atoms with Crippen LogP contribution in [0.1, 0.15) is 47.8 Å². The first-order chi connectivity index (χ1) is 16.9. The molecule has 0 aliphatic heterocycles. The Balaban J connectivity index is 1.83. The number of fused-ring (bicyclic) bond motifs is 1. The summed E-state index contributed by atoms with van der Waals surface area (Å²) in [6.07, 6.45) is 4.47. The van der Waals surface area contributed by atoms with Crippen LogP contribution in [0.15, 0.2) is 53.4 Å². The second-order valence-corrected chi connectivity index (χ2v) is 9.46. The molecule has 0 fully saturated rings. The van der Waals surface area contributed by atoms with Crippen LogP contribution in [0.3, 0.4) is 0 Å². The molecule has 2 aromatic carbocycles. The van der Waals surface area contributed by atoms with Gasteiger partial charge in [-0.2, -0.15) is 0 Å². The molecule has 0 unspecified atom stereocenters. The molecule has 1 aromatic heterocycles. The molecule has 0 aliphatic rings. The largest absolute Gasteiger partial charge is 0.456 e. The van der Waals surface area contributed by atoms with Crippen LogP contribution in [0.2, 0.25) is 0 Å². The minimum Gasteiger partial charge on any atom is -0.456 e. The molecule has 0 bridgehead atoms. The van der Waals surface area contributed by atoms with Crippen molar-refractivity contribution in [1.29, 1.82) is 0 Å². The molecule has 1 heterocycles. The summed E-state index contributed by atoms with van der Waals surface area (Å²) in [6, 6.07) is 7.83. The summed E-state index contributed by atoms with van der Waals surface area (Å²) >= 11 is 0. The smallest absolute Gasteiger partial charge is 0.251 e. The Kier molecular flexibility index (Phi) is 7.72. The second-order valence-electron chi connectivity index (χ2n) is 9.46. The van der Waals surface area contributed by atoms with Gasteiger partial charge in [-0.05, 0) is 63.4 Å². The number of allylic oxidation sites excluding steroid dienone is 1. The van der Waals surface area contributed by atoms with Gasteiger partial charge in [0.2, 0.25) is 5.91 Å². The molecule has 3 aromatic rings. The van der Waals surface area contributed by atoms with E-state index in [0.29, 0.717) is 28.1 Å². The number of nitrogens with zero attached hydrogens (tertiary/aromatic N) is 2. The van der Waals surface area contributed by atoms with E-state index < -0.39 is 11.7 Å². The number of carbonyl (C=O) groups is 2. The van der Waals surface area contributed by atoms with Gasteiger partial charge in [-0.3, -0.25) is 19.6 Å². The lowest BCUT2D eigenvalue weighted by molar-refractivity contribution is -0.119. The molecule has 188 valence electrons. The Morgan fingerprint density at radius 1 is 1.17 bits per heavy atom. The van der Waals surface area contributed by atoms with E-state index in [2.05, 4.69) is 15.3 Å². The lowest BCUT2D eigenvalue weighted by Crippen LogP contribution is -2.26. The normalized spacial score (nSPS) is 12.2. The van der Waals surface area contributed by atoms with Gasteiger partial charge >= 0.3 is 0 Å². The molecule has 0 saturated heterocycles. The molecule has 0 spiro atoms. The highest BCUT2D eigenvalue weighted by Gasteiger charge is 2.16. The number of nitrogens with one attached hydrogen (secondary N) is 1. The number of hydrogen-bond acceptors (Lipinski definition) is 6. The molecule has 9 heteroatoms. The predicted molar refractivity (Wildman–Crippen MR) is 139 cm³/mol. The van der Waals surface area contributed by atoms with Crippen molar-refractivity contribution in [2.45, 2.75) is 46.6 Å². The Morgan fingerprint density at radius 2 is 1.83 bits per heavy atom. The van der Waals surface area contributed by atoms with E-state index >= 15 is 0 Å². The molecular weight excluding hydrogens is 461 g/mol. The highest BCUT2D eigenvalue weighted by atomic mass is 19.1. The molecule has 5 N–H and O–H groups in total. The van der Waals surface area contributed by atoms with Crippen molar-refractivity contribution in [2.75, 3.05) is 0 Å². The van der Waals surface area contributed by atoms with Gasteiger partial charge in [0.15, 0.2) is 0 Å². The summed E-state index contributed by atoms with van der Waals surface area (Å²) in [5.41, 5.74) is 13.5. The Bertz CT molecular complexity index is 1370. The van der Waals surface area contributed by atoms with Crippen LogP contribution in [0.25, 0.3) is 10.9 Å². The molecular formula is C27H30FN5O3. The van der Waals surface area contributed by atoms with Gasteiger partial charge in [0.25, 0.3) is 5.91 Å². The summed E-state index contributed by atoms with van der Waals surface area (Å²) in [5.74, 6) is -0.879. The van der Waals surface area contributed by atoms with Gasteiger partial charge in [0.1, 0.15) is 17.3 Å². The molecule has 0 radical (unpaired) electrons. The van der Waals surface area contributed by atoms with E-state index in [0.717, 1.165) is 22.8 Å². The van der Waals surface area contributed by atoms with Gasteiger partial charge in [-0.15, -0.1) is 0 Å². The van der Waals surface area contributed by atoms with Crippen LogP contribution in [0, 0.1) is 19.7 Å². The summed E-state index contributed by atoms with van der Waals surface area (Å²) in [4.78, 5) is 32.7. The first-order valence-electron chi connectivity index (χ1n) is 11.3. The van der Waals surface area contributed by atoms with Crippen LogP contribution in [-0.2, 0) is 11.2 Å². The third kappa shape index (κ3) is 6.44. The monoisotopic (exact) mass is 491 g/mol. The summed E-state index contributed by atoms with van der Waals surface area (Å²) in [7, 11) is 0. The number of aliphatic imine (C=N–C) groups is 1. The first kappa shape index (κ1) is 26.3. The van der Waals surface area contributed by atoms with E-state index in [4.69, 9.17) is 16.2 Å². The summed E-state index contributed by atoms with van der Waals surface area (Å²) < 4.78 is 20.3. The Labute approximate surface area is 209 Å². The van der Waals surface area contributed by atoms with Crippen LogP contribution >= 0.6 is 0 Å². The number of carbonyl (C=O) groups excluding carboxylic acids is 2. The number of pyridine rings is 1. The molecule has 0 aliphatic carbocycles. The lowest BCUT2D eigenvalue weighted by Gasteiger charge is -2.16. The number of benzene rings is 2. The fraction of sp³-hybridized carbons (Fsp3) is 0.259. The standard InChI is InChI=1S/C27H30FN5O3/c1-15-8-17(10-24(34)33-18(13-29)14-32-27(3,4)5)9-16(2)25(15)36-23-6-7-31-22-12-21(28)19(26(30)35)11-20(22)23/h6-9,11-14H,10,29H2,1-5H3,(H2,30,35)(H,33,34)/b18-13+,32-14?. The second kappa shape index (κ2) is 10.6. The topological polar surface area (TPSA) is 133 Å². The number of aryl methyl sites for hydroxylation is 2. The quantitative estimate of drug-likeness (QED) is 0.426. The zero-order valence-electron chi connectivity index (χ0n) is 21.0. The van der Waals surface area contributed by atoms with Crippen molar-refractivity contribution in [1.82, 2.24) is 10.3 Å². The van der Waals surface area contributed by atoms with Crippen LogP contribution in [0.4, 0.5) is 4.39 Å². The van der Waals surface area contributed by atoms with E-state index in [1.807, 2.05) is 46.8 Å². The number of rotatable bonds is 7. The molecule has 2 amide bonds. The predicted octanol–water partition coefficient (Wildman–Crippen LogP) is 4.21. The Hall–Kier alpha value is -4.27. The fourth-order valence-corrected chi connectivity index (χ4v) is 3.60. The lowest BCUT2D eigenvalue weighted by atomic mass is 10.0. The van der Waals surface area contributed by atoms with E-state index in [1.54, 1.807) is 12.3 Å². The third-order valence-electron chi connectivity index (χ3n) is 5.21. The number of nitrogens with two attached hydrogens (primary N) is 2. The molecule has 36 heavy (non-hydrogen) atoms. The molecule has 8 nitrogen and oxygen atoms in total. The number of amides is 2. The van der Waals surface area contributed by atoms with Crippen molar-refractivity contribution in [3.63, 3.8) is 0 Å². The minimum atomic E-state index is -0.878. The number of halogens is 1. The van der Waals surface area contributed by atoms with E-state index in [1.165, 1.54) is 18.5 Å². The number of ether oxygens (including phenoxy) is 1. The van der Waals surface area contributed by atoms with Crippen molar-refractivity contribution in [2.24, 2.45) is 16.5 Å². The third-order valence-corrected chi connectivity index (χ3v) is 5.21. The summed E-state index contributed by atoms with van der Waals surface area (Å²) in [5, 5.41) is 3.21. The van der Waals surface area contributed by atoms with E-state index in [9.17, 15) is 14.0 Å². The van der Waals surface area contributed by atoms with Crippen LogP contribution in [-0.4, -0.2) is 28.6 Å². The number of aromatic nitrogens is 1. The first-order valence-corrected chi connectivity index (χ1v) is 11.3. The zero-order chi connectivity index (χ0) is 26.6. The fourth-order valence-electron chi connectivity index (χ4n) is 3.60. The summed E-state index contributed by atoms with van der Waals surface area (Å²) in [6.45, 7) is 9.56. The van der Waals surface area contributed by atoms with Crippen LogP contribution < -0.4 is 21.5 Å².